The summed E-state index contributed by atoms with van der Waals surface area (Å²) in [6.45, 7) is 1.43. The van der Waals surface area contributed by atoms with Gasteiger partial charge in [0.2, 0.25) is 0 Å². The lowest BCUT2D eigenvalue weighted by Gasteiger charge is -2.23. The van der Waals surface area contributed by atoms with E-state index in [1.54, 1.807) is 18.2 Å². The van der Waals surface area contributed by atoms with E-state index in [4.69, 9.17) is 5.26 Å². The molecule has 1 unspecified atom stereocenters. The van der Waals surface area contributed by atoms with Gasteiger partial charge < -0.3 is 5.32 Å². The summed E-state index contributed by atoms with van der Waals surface area (Å²) >= 11 is 0. The van der Waals surface area contributed by atoms with Gasteiger partial charge >= 0.3 is 0 Å². The van der Waals surface area contributed by atoms with E-state index in [0.29, 0.717) is 0 Å². The number of hydrogen-bond donors (Lipinski definition) is 1. The lowest BCUT2D eigenvalue weighted by Crippen LogP contribution is -2.39. The maximum atomic E-state index is 9.47. The minimum atomic E-state index is -1.13. The number of nitrogens with one attached hydrogen (secondary N) is 1. The Bertz CT molecular complexity index is 1430. The Morgan fingerprint density at radius 1 is 0.969 bits per heavy atom. The highest BCUT2D eigenvalue weighted by Gasteiger charge is 2.34. The fourth-order valence-electron chi connectivity index (χ4n) is 2.92. The van der Waals surface area contributed by atoms with Crippen molar-refractivity contribution in [1.29, 1.82) is 31.6 Å². The van der Waals surface area contributed by atoms with E-state index in [0.717, 1.165) is 6.21 Å². The van der Waals surface area contributed by atoms with Crippen molar-refractivity contribution in [2.75, 3.05) is 0 Å². The van der Waals surface area contributed by atoms with Gasteiger partial charge in [-0.05, 0) is 6.92 Å². The van der Waals surface area contributed by atoms with Crippen LogP contribution in [0.4, 0.5) is 0 Å². The normalized spacial score (nSPS) is 19.9. The molecule has 0 amide bonds. The quantitative estimate of drug-likeness (QED) is 0.643. The topological polar surface area (TPSA) is 217 Å². The molecule has 0 aromatic heterocycles. The second-order valence-corrected chi connectivity index (χ2v) is 6.15. The molecule has 32 heavy (non-hydrogen) atoms. The minimum absolute atomic E-state index is 0.0191. The first kappa shape index (κ1) is 21.0. The lowest BCUT2D eigenvalue weighted by atomic mass is 10.1. The predicted octanol–water partition coefficient (Wildman–Crippen LogP) is 1.01. The zero-order valence-electron chi connectivity index (χ0n) is 16.3. The van der Waals surface area contributed by atoms with Crippen molar-refractivity contribution < 1.29 is 0 Å². The third-order valence-corrected chi connectivity index (χ3v) is 4.24. The summed E-state index contributed by atoms with van der Waals surface area (Å²) in [5, 5.41) is 58.9. The Kier molecular flexibility index (Phi) is 5.76. The standard InChI is InChI=1S/C20H8N12/c1-10(5-22)28-19-17(27-3-2-21)11-4-12(30-14(7-24)13(6-23)29-11)18-20(19)32-16(9-26)15(8-25)31-18/h3,16,32H,4H2,1H3. The van der Waals surface area contributed by atoms with Gasteiger partial charge in [-0.1, -0.05) is 0 Å². The Morgan fingerprint density at radius 3 is 2.22 bits per heavy atom. The molecule has 12 heteroatoms. The highest BCUT2D eigenvalue weighted by Crippen LogP contribution is 2.38. The molecule has 148 valence electrons. The smallest absolute Gasteiger partial charge is 0.177 e. The van der Waals surface area contributed by atoms with Crippen molar-refractivity contribution in [2.24, 2.45) is 25.0 Å². The summed E-state index contributed by atoms with van der Waals surface area (Å²) in [5.41, 5.74) is -0.132. The van der Waals surface area contributed by atoms with Crippen molar-refractivity contribution in [3.63, 3.8) is 0 Å². The second kappa shape index (κ2) is 8.76. The van der Waals surface area contributed by atoms with Gasteiger partial charge in [0.1, 0.15) is 59.4 Å². The first-order valence-corrected chi connectivity index (χ1v) is 8.72. The van der Waals surface area contributed by atoms with E-state index in [1.807, 2.05) is 18.2 Å². The number of nitrogens with zero attached hydrogens (tertiary/aromatic N) is 11. The largest absolute Gasteiger partial charge is 0.361 e. The Labute approximate surface area is 181 Å². The molecule has 2 heterocycles. The first-order chi connectivity index (χ1) is 15.5. The average molecular weight is 416 g/mol. The number of hydrogen-bond acceptors (Lipinski definition) is 12. The summed E-state index contributed by atoms with van der Waals surface area (Å²) in [4.78, 5) is 21.1. The van der Waals surface area contributed by atoms with Crippen molar-refractivity contribution >= 4 is 29.1 Å². The van der Waals surface area contributed by atoms with Crippen LogP contribution in [-0.4, -0.2) is 35.1 Å². The molecule has 0 fully saturated rings. The van der Waals surface area contributed by atoms with Crippen LogP contribution in [-0.2, 0) is 0 Å². The molecule has 2 bridgehead atoms. The van der Waals surface area contributed by atoms with Crippen LogP contribution in [0.1, 0.15) is 13.3 Å². The van der Waals surface area contributed by atoms with Gasteiger partial charge in [-0.25, -0.2) is 25.0 Å². The van der Waals surface area contributed by atoms with E-state index in [2.05, 4.69) is 30.3 Å². The van der Waals surface area contributed by atoms with Crippen molar-refractivity contribution in [2.45, 2.75) is 19.4 Å². The molecule has 0 saturated carbocycles. The predicted molar refractivity (Wildman–Crippen MR) is 110 cm³/mol. The Balaban J connectivity index is 2.56. The number of rotatable bonds is 2. The molecule has 2 aliphatic heterocycles. The molecule has 0 aromatic carbocycles. The molecule has 0 aromatic rings. The maximum absolute atomic E-state index is 9.47. The van der Waals surface area contributed by atoms with Crippen LogP contribution >= 0.6 is 0 Å². The van der Waals surface area contributed by atoms with Crippen LogP contribution in [0.15, 0.2) is 59.1 Å². The van der Waals surface area contributed by atoms with Crippen LogP contribution in [0.25, 0.3) is 0 Å². The minimum Gasteiger partial charge on any atom is -0.361 e. The molecule has 3 rings (SSSR count). The summed E-state index contributed by atoms with van der Waals surface area (Å²) < 4.78 is 0. The Morgan fingerprint density at radius 2 is 1.66 bits per heavy atom. The van der Waals surface area contributed by atoms with Gasteiger partial charge in [-0.3, -0.25) is 0 Å². The van der Waals surface area contributed by atoms with Crippen LogP contribution in [0.2, 0.25) is 0 Å². The van der Waals surface area contributed by atoms with Crippen molar-refractivity contribution in [3.05, 3.63) is 34.2 Å². The van der Waals surface area contributed by atoms with Gasteiger partial charge in [0.15, 0.2) is 23.2 Å². The molecular formula is C20H8N12. The summed E-state index contributed by atoms with van der Waals surface area (Å²) in [5.74, 6) is 0. The first-order valence-electron chi connectivity index (χ1n) is 8.72. The fraction of sp³-hybridized carbons (Fsp3) is 0.150. The lowest BCUT2D eigenvalue weighted by molar-refractivity contribution is 0.788. The van der Waals surface area contributed by atoms with E-state index >= 15 is 0 Å². The van der Waals surface area contributed by atoms with Crippen LogP contribution < -0.4 is 5.32 Å². The van der Waals surface area contributed by atoms with Gasteiger partial charge in [0.25, 0.3) is 0 Å². The van der Waals surface area contributed by atoms with Crippen LogP contribution in [0, 0.1) is 68.0 Å². The molecule has 1 atom stereocenters. The highest BCUT2D eigenvalue weighted by molar-refractivity contribution is 6.53. The fourth-order valence-corrected chi connectivity index (χ4v) is 2.92. The number of fused-ring (bicyclic) bond motifs is 3. The summed E-state index contributed by atoms with van der Waals surface area (Å²) in [6.07, 6.45) is 0.844. The zero-order chi connectivity index (χ0) is 23.3. The monoisotopic (exact) mass is 416 g/mol. The third-order valence-electron chi connectivity index (χ3n) is 4.24. The maximum Gasteiger partial charge on any atom is 0.177 e. The molecule has 0 saturated heterocycles. The molecule has 0 spiro atoms. The van der Waals surface area contributed by atoms with E-state index in [9.17, 15) is 26.3 Å². The van der Waals surface area contributed by atoms with E-state index < -0.39 is 6.04 Å². The SMILES string of the molecule is CC(C#N)=NC1=C2NC(C#N)C(C#N)=NC2=C2CC(=C1N=CC#N)N=C(C#N)C(C#N)=N2. The summed E-state index contributed by atoms with van der Waals surface area (Å²) in [6, 6.07) is 9.87. The van der Waals surface area contributed by atoms with Crippen molar-refractivity contribution in [1.82, 2.24) is 5.32 Å². The van der Waals surface area contributed by atoms with E-state index in [-0.39, 0.29) is 63.4 Å². The van der Waals surface area contributed by atoms with Gasteiger partial charge in [-0.15, -0.1) is 0 Å². The van der Waals surface area contributed by atoms with Crippen LogP contribution in [0.3, 0.4) is 0 Å². The molecule has 0 radical (unpaired) electrons. The Hall–Kier alpha value is -5.69. The highest BCUT2D eigenvalue weighted by atomic mass is 15.1. The molecule has 3 aliphatic rings. The summed E-state index contributed by atoms with van der Waals surface area (Å²) in [7, 11) is 0. The van der Waals surface area contributed by atoms with Gasteiger partial charge in [-0.2, -0.15) is 31.6 Å². The van der Waals surface area contributed by atoms with Crippen LogP contribution in [0.5, 0.6) is 0 Å². The molecule has 12 nitrogen and oxygen atoms in total. The number of nitriles is 6. The average Bonchev–Trinajstić information content (AvgIpc) is 3.07. The molecule has 1 aliphatic carbocycles. The van der Waals surface area contributed by atoms with Gasteiger partial charge in [0.05, 0.1) is 23.2 Å². The zero-order valence-corrected chi connectivity index (χ0v) is 16.3. The number of aliphatic imine (C=N–C) groups is 5. The van der Waals surface area contributed by atoms with E-state index in [1.165, 1.54) is 6.92 Å². The molecular weight excluding hydrogens is 408 g/mol. The van der Waals surface area contributed by atoms with Gasteiger partial charge in [0, 0.05) is 6.42 Å². The second-order valence-electron chi connectivity index (χ2n) is 6.15. The third kappa shape index (κ3) is 3.63. The molecule has 1 N–H and O–H groups in total. The van der Waals surface area contributed by atoms with Crippen molar-refractivity contribution in [3.8, 4) is 36.4 Å².